The minimum atomic E-state index is -5.08. The summed E-state index contributed by atoms with van der Waals surface area (Å²) in [7, 11) is -3.87. The molecule has 0 aliphatic carbocycles. The van der Waals surface area contributed by atoms with E-state index in [0.717, 1.165) is 30.0 Å². The van der Waals surface area contributed by atoms with Crippen molar-refractivity contribution in [2.45, 2.75) is 43.0 Å². The van der Waals surface area contributed by atoms with Crippen LogP contribution in [0.1, 0.15) is 40.2 Å². The molecule has 1 aromatic heterocycles. The highest BCUT2D eigenvalue weighted by Gasteiger charge is 2.38. The van der Waals surface area contributed by atoms with Crippen LogP contribution < -0.4 is 0 Å². The van der Waals surface area contributed by atoms with Gasteiger partial charge in [0.25, 0.3) is 0 Å². The molecule has 3 aromatic carbocycles. The van der Waals surface area contributed by atoms with Crippen LogP contribution in [0.3, 0.4) is 0 Å². The minimum absolute atomic E-state index is 0.0394. The van der Waals surface area contributed by atoms with Crippen LogP contribution in [0, 0.1) is 12.7 Å². The maximum absolute atomic E-state index is 13.7. The molecule has 0 aliphatic heterocycles. The first-order valence-electron chi connectivity index (χ1n) is 13.1. The van der Waals surface area contributed by atoms with Crippen molar-refractivity contribution in [2.24, 2.45) is 0 Å². The number of unbranched alkanes of at least 4 members (excludes halogenated alkanes) is 1. The summed E-state index contributed by atoms with van der Waals surface area (Å²) in [6.45, 7) is 1.97. The van der Waals surface area contributed by atoms with Crippen LogP contribution >= 0.6 is 0 Å². The maximum Gasteiger partial charge on any atom is 0.490 e. The summed E-state index contributed by atoms with van der Waals surface area (Å²) in [5, 5.41) is 31.4. The molecule has 0 radical (unpaired) electrons. The molecule has 3 N–H and O–H groups in total. The second-order valence-corrected chi connectivity index (χ2v) is 11.6. The first kappa shape index (κ1) is 34.6. The predicted octanol–water partition coefficient (Wildman–Crippen LogP) is 5.99. The van der Waals surface area contributed by atoms with Crippen LogP contribution in [0.5, 0.6) is 11.5 Å². The Hall–Kier alpha value is -4.92. The molecule has 45 heavy (non-hydrogen) atoms. The van der Waals surface area contributed by atoms with Gasteiger partial charge in [0.2, 0.25) is 0 Å². The normalized spacial score (nSPS) is 11.4. The van der Waals surface area contributed by atoms with Crippen LogP contribution in [0.25, 0.3) is 11.1 Å². The summed E-state index contributed by atoms with van der Waals surface area (Å²) in [5.41, 5.74) is 1.52. The van der Waals surface area contributed by atoms with Crippen LogP contribution in [0.2, 0.25) is 0 Å². The average Bonchev–Trinajstić information content (AvgIpc) is 3.38. The fourth-order valence-electron chi connectivity index (χ4n) is 3.93. The summed E-state index contributed by atoms with van der Waals surface area (Å²) in [6, 6.07) is 15.0. The number of carbonyl (C=O) groups is 2. The van der Waals surface area contributed by atoms with E-state index in [4.69, 9.17) is 19.2 Å². The first-order chi connectivity index (χ1) is 21.1. The maximum atomic E-state index is 13.7. The smallest absolute Gasteiger partial charge is 0.490 e. The number of sulfone groups is 1. The fraction of sp³-hybridized carbons (Fsp3) is 0.233. The number of halogens is 4. The molecule has 0 aliphatic rings. The summed E-state index contributed by atoms with van der Waals surface area (Å²) in [4.78, 5) is 21.2. The molecular weight excluding hydrogens is 626 g/mol. The van der Waals surface area contributed by atoms with E-state index in [9.17, 15) is 41.0 Å². The number of nitrogens with zero attached hydrogens (tertiary/aromatic N) is 1. The Balaban J connectivity index is 0.000000707. The van der Waals surface area contributed by atoms with Crippen LogP contribution in [-0.4, -0.2) is 53.6 Å². The third kappa shape index (κ3) is 10.1. The zero-order valence-corrected chi connectivity index (χ0v) is 24.4. The standard InChI is InChI=1S/C28H26FNO7S.C2HF3O2/c1-18-13-22(30-37-18)6-2-3-12-36-28(33)24-10-8-19(14-27(24)32)17-38(34,35)23-7-4-5-20(15-23)25-16-21(29)9-11-26(25)31;3-2(4,5)1(6)7/h4-5,7-11,13-16,31-32H,2-3,6,12,17H2,1H3;(H,6,7). The number of carbonyl (C=O) groups excluding carboxylic acids is 1. The highest BCUT2D eigenvalue weighted by Crippen LogP contribution is 2.32. The summed E-state index contributed by atoms with van der Waals surface area (Å²) in [5.74, 6) is -4.32. The number of aromatic nitrogens is 1. The number of aryl methyl sites for hydroxylation is 2. The van der Waals surface area contributed by atoms with E-state index in [0.29, 0.717) is 18.4 Å². The molecule has 10 nitrogen and oxygen atoms in total. The number of hydrogen-bond donors (Lipinski definition) is 3. The van der Waals surface area contributed by atoms with Gasteiger partial charge in [-0.3, -0.25) is 0 Å². The second kappa shape index (κ2) is 14.7. The number of carboxylic acids is 1. The summed E-state index contributed by atoms with van der Waals surface area (Å²) in [6.07, 6.45) is -3.06. The Morgan fingerprint density at radius 1 is 0.956 bits per heavy atom. The highest BCUT2D eigenvalue weighted by atomic mass is 32.2. The number of benzene rings is 3. The van der Waals surface area contributed by atoms with Crippen molar-refractivity contribution in [2.75, 3.05) is 6.61 Å². The number of alkyl halides is 3. The number of esters is 1. The average molecular weight is 654 g/mol. The van der Waals surface area contributed by atoms with E-state index in [1.807, 2.05) is 13.0 Å². The Kier molecular flexibility index (Phi) is 11.3. The van der Waals surface area contributed by atoms with E-state index in [1.165, 1.54) is 42.5 Å². The predicted molar refractivity (Wildman–Crippen MR) is 151 cm³/mol. The molecular formula is C30H27F4NO9S. The number of phenols is 2. The highest BCUT2D eigenvalue weighted by molar-refractivity contribution is 7.90. The van der Waals surface area contributed by atoms with E-state index in [1.54, 1.807) is 6.07 Å². The molecule has 4 aromatic rings. The van der Waals surface area contributed by atoms with Crippen molar-refractivity contribution in [1.29, 1.82) is 0 Å². The Bertz CT molecular complexity index is 1770. The van der Waals surface area contributed by atoms with Crippen LogP contribution in [0.15, 0.2) is 76.1 Å². The van der Waals surface area contributed by atoms with Gasteiger partial charge in [-0.05, 0) is 79.8 Å². The van der Waals surface area contributed by atoms with E-state index >= 15 is 0 Å². The van der Waals surface area contributed by atoms with Gasteiger partial charge in [-0.25, -0.2) is 22.4 Å². The van der Waals surface area contributed by atoms with Crippen LogP contribution in [0.4, 0.5) is 17.6 Å². The fourth-order valence-corrected chi connectivity index (χ4v) is 5.30. The molecule has 0 bridgehead atoms. The van der Waals surface area contributed by atoms with Crippen molar-refractivity contribution < 1.29 is 60.1 Å². The molecule has 0 unspecified atom stereocenters. The van der Waals surface area contributed by atoms with Crippen molar-refractivity contribution in [3.63, 3.8) is 0 Å². The summed E-state index contributed by atoms with van der Waals surface area (Å²) >= 11 is 0. The molecule has 0 saturated heterocycles. The van der Waals surface area contributed by atoms with Gasteiger partial charge >= 0.3 is 18.1 Å². The van der Waals surface area contributed by atoms with Gasteiger partial charge in [0.15, 0.2) is 9.84 Å². The van der Waals surface area contributed by atoms with Gasteiger partial charge < -0.3 is 24.6 Å². The van der Waals surface area contributed by atoms with Gasteiger partial charge in [0.1, 0.15) is 28.6 Å². The molecule has 0 saturated carbocycles. The molecule has 4 rings (SSSR count). The number of aliphatic carboxylic acids is 1. The molecule has 0 spiro atoms. The van der Waals surface area contributed by atoms with Gasteiger partial charge in [0, 0.05) is 11.6 Å². The lowest BCUT2D eigenvalue weighted by Gasteiger charge is -2.10. The van der Waals surface area contributed by atoms with Gasteiger partial charge in [-0.2, -0.15) is 13.2 Å². The van der Waals surface area contributed by atoms with E-state index in [2.05, 4.69) is 5.16 Å². The van der Waals surface area contributed by atoms with Crippen molar-refractivity contribution in [1.82, 2.24) is 5.16 Å². The van der Waals surface area contributed by atoms with Crippen molar-refractivity contribution in [3.05, 3.63) is 95.1 Å². The lowest BCUT2D eigenvalue weighted by Crippen LogP contribution is -2.21. The second-order valence-electron chi connectivity index (χ2n) is 9.62. The zero-order valence-electron chi connectivity index (χ0n) is 23.5. The topological polar surface area (TPSA) is 164 Å². The third-order valence-corrected chi connectivity index (χ3v) is 7.77. The number of rotatable bonds is 10. The number of phenolic OH excluding ortho intramolecular Hbond substituents is 2. The van der Waals surface area contributed by atoms with Gasteiger partial charge in [-0.1, -0.05) is 23.4 Å². The Morgan fingerprint density at radius 3 is 2.29 bits per heavy atom. The van der Waals surface area contributed by atoms with Crippen molar-refractivity contribution >= 4 is 21.8 Å². The van der Waals surface area contributed by atoms with E-state index < -0.39 is 39.5 Å². The molecule has 1 heterocycles. The first-order valence-corrected chi connectivity index (χ1v) is 14.7. The largest absolute Gasteiger partial charge is 0.507 e. The van der Waals surface area contributed by atoms with Gasteiger partial charge in [0.05, 0.1) is 22.9 Å². The SMILES string of the molecule is Cc1cc(CCCCOC(=O)c2ccc(CS(=O)(=O)c3cccc(-c4cc(F)ccc4O)c3)cc2O)no1.O=C(O)C(F)(F)F. The number of carboxylic acid groups (broad SMARTS) is 1. The Morgan fingerprint density at radius 2 is 1.67 bits per heavy atom. The van der Waals surface area contributed by atoms with E-state index in [-0.39, 0.29) is 39.7 Å². The lowest BCUT2D eigenvalue weighted by molar-refractivity contribution is -0.192. The molecule has 15 heteroatoms. The quantitative estimate of drug-likeness (QED) is 0.105. The molecule has 0 amide bonds. The number of aromatic hydroxyl groups is 2. The minimum Gasteiger partial charge on any atom is -0.507 e. The molecule has 0 fully saturated rings. The number of ether oxygens (including phenoxy) is 1. The monoisotopic (exact) mass is 653 g/mol. The van der Waals surface area contributed by atoms with Crippen molar-refractivity contribution in [3.8, 4) is 22.6 Å². The zero-order chi connectivity index (χ0) is 33.4. The molecule has 240 valence electrons. The lowest BCUT2D eigenvalue weighted by atomic mass is 10.0. The van der Waals surface area contributed by atoms with Gasteiger partial charge in [-0.15, -0.1) is 0 Å². The number of hydrogen-bond acceptors (Lipinski definition) is 9. The summed E-state index contributed by atoms with van der Waals surface area (Å²) < 4.78 is 81.7. The molecule has 0 atom stereocenters. The Labute approximate surface area is 254 Å². The third-order valence-electron chi connectivity index (χ3n) is 6.08. The van der Waals surface area contributed by atoms with Crippen LogP contribution in [-0.2, 0) is 31.5 Å².